The lowest BCUT2D eigenvalue weighted by Gasteiger charge is -2.26. The van der Waals surface area contributed by atoms with Crippen LogP contribution in [0.5, 0.6) is 0 Å². The first-order chi connectivity index (χ1) is 15.6. The van der Waals surface area contributed by atoms with E-state index in [1.54, 1.807) is 25.6 Å². The van der Waals surface area contributed by atoms with Gasteiger partial charge in [-0.15, -0.1) is 0 Å². The van der Waals surface area contributed by atoms with Gasteiger partial charge in [0.1, 0.15) is 18.1 Å². The van der Waals surface area contributed by atoms with Crippen LogP contribution in [0.1, 0.15) is 46.0 Å². The van der Waals surface area contributed by atoms with E-state index in [0.717, 1.165) is 5.75 Å². The summed E-state index contributed by atoms with van der Waals surface area (Å²) in [6.45, 7) is 3.82. The molecule has 0 bridgehead atoms. The quantitative estimate of drug-likeness (QED) is 0.141. The van der Waals surface area contributed by atoms with Crippen LogP contribution in [-0.2, 0) is 19.2 Å². The summed E-state index contributed by atoms with van der Waals surface area (Å²) in [5, 5.41) is 17.3. The zero-order chi connectivity index (χ0) is 25.4. The number of aliphatic carboxylic acids is 1. The van der Waals surface area contributed by atoms with Crippen molar-refractivity contribution in [2.75, 3.05) is 30.6 Å². The lowest BCUT2D eigenvalue weighted by Crippen LogP contribution is -2.57. The summed E-state index contributed by atoms with van der Waals surface area (Å²) in [6, 6.07) is -3.60. The van der Waals surface area contributed by atoms with Gasteiger partial charge in [-0.2, -0.15) is 23.5 Å². The number of rotatable bonds is 18. The van der Waals surface area contributed by atoms with E-state index >= 15 is 0 Å². The number of carboxylic acid groups (broad SMARTS) is 1. The molecule has 0 aromatic rings. The fourth-order valence-electron chi connectivity index (χ4n) is 2.96. The van der Waals surface area contributed by atoms with Crippen LogP contribution in [0.3, 0.4) is 0 Å². The van der Waals surface area contributed by atoms with Crippen molar-refractivity contribution in [1.29, 1.82) is 0 Å². The van der Waals surface area contributed by atoms with Gasteiger partial charge >= 0.3 is 5.97 Å². The first-order valence-corrected chi connectivity index (χ1v) is 13.9. The van der Waals surface area contributed by atoms with Gasteiger partial charge in [0.2, 0.25) is 17.7 Å². The molecule has 3 amide bonds. The van der Waals surface area contributed by atoms with Gasteiger partial charge in [0.25, 0.3) is 0 Å². The van der Waals surface area contributed by atoms with E-state index in [-0.39, 0.29) is 5.92 Å². The number of carboxylic acids is 1. The van der Waals surface area contributed by atoms with Crippen LogP contribution in [0.15, 0.2) is 0 Å². The number of carbonyl (C=O) groups excluding carboxylic acids is 3. The number of unbranched alkanes of at least 4 members (excludes halogenated alkanes) is 1. The maximum Gasteiger partial charge on any atom is 0.326 e. The van der Waals surface area contributed by atoms with Crippen LogP contribution >= 0.6 is 23.5 Å². The van der Waals surface area contributed by atoms with Gasteiger partial charge in [0.15, 0.2) is 0 Å². The number of nitrogens with one attached hydrogen (secondary N) is 3. The second-order valence-electron chi connectivity index (χ2n) is 8.14. The van der Waals surface area contributed by atoms with Crippen molar-refractivity contribution in [3.05, 3.63) is 0 Å². The summed E-state index contributed by atoms with van der Waals surface area (Å²) in [7, 11) is 0. The molecule has 0 heterocycles. The number of nitrogens with two attached hydrogens (primary N) is 2. The number of hydrogen-bond acceptors (Lipinski definition) is 8. The fraction of sp³-hybridized carbons (Fsp3) is 0.810. The van der Waals surface area contributed by atoms with E-state index < -0.39 is 47.9 Å². The van der Waals surface area contributed by atoms with Crippen LogP contribution in [0.2, 0.25) is 0 Å². The molecule has 0 fully saturated rings. The van der Waals surface area contributed by atoms with Gasteiger partial charge in [-0.05, 0) is 68.6 Å². The van der Waals surface area contributed by atoms with E-state index in [9.17, 15) is 24.3 Å². The normalized spacial score (nSPS) is 14.8. The van der Waals surface area contributed by atoms with Crippen LogP contribution in [-0.4, -0.2) is 83.5 Å². The zero-order valence-corrected chi connectivity index (χ0v) is 21.7. The molecule has 10 nitrogen and oxygen atoms in total. The van der Waals surface area contributed by atoms with Crippen molar-refractivity contribution in [2.45, 2.75) is 70.1 Å². The maximum atomic E-state index is 13.0. The molecule has 0 saturated heterocycles. The highest BCUT2D eigenvalue weighted by Crippen LogP contribution is 2.08. The van der Waals surface area contributed by atoms with E-state index in [1.165, 1.54) is 11.8 Å². The molecule has 4 unspecified atom stereocenters. The summed E-state index contributed by atoms with van der Waals surface area (Å²) in [5.74, 6) is -1.62. The SMILES string of the molecule is CSCCC(N)C(=O)NC(CCSC)C(=O)NC(CCCCN)C(=O)NC(C(=O)O)C(C)C. The van der Waals surface area contributed by atoms with Crippen LogP contribution in [0, 0.1) is 5.92 Å². The Morgan fingerprint density at radius 1 is 0.818 bits per heavy atom. The molecule has 0 radical (unpaired) electrons. The number of hydrogen-bond donors (Lipinski definition) is 6. The minimum atomic E-state index is -1.14. The molecule has 12 heteroatoms. The largest absolute Gasteiger partial charge is 0.480 e. The van der Waals surface area contributed by atoms with Gasteiger partial charge in [-0.1, -0.05) is 13.8 Å². The average molecular weight is 508 g/mol. The summed E-state index contributed by atoms with van der Waals surface area (Å²) in [5.41, 5.74) is 11.5. The maximum absolute atomic E-state index is 13.0. The Balaban J connectivity index is 5.40. The van der Waals surface area contributed by atoms with Crippen LogP contribution in [0.4, 0.5) is 0 Å². The van der Waals surface area contributed by atoms with Gasteiger partial charge in [0.05, 0.1) is 6.04 Å². The van der Waals surface area contributed by atoms with Gasteiger partial charge < -0.3 is 32.5 Å². The van der Waals surface area contributed by atoms with Crippen molar-refractivity contribution < 1.29 is 24.3 Å². The molecular formula is C21H41N5O5S2. The standard InChI is InChI=1S/C21H41N5O5S2/c1-13(2)17(21(30)31)26-20(29)15(7-5-6-10-22)25-19(28)16(9-12-33-4)24-18(27)14(23)8-11-32-3/h13-17H,5-12,22-23H2,1-4H3,(H,24,27)(H,25,28)(H,26,29)(H,30,31). The Morgan fingerprint density at radius 3 is 1.85 bits per heavy atom. The molecule has 0 spiro atoms. The number of amides is 3. The third-order valence-corrected chi connectivity index (χ3v) is 6.31. The molecule has 0 rings (SSSR count). The summed E-state index contributed by atoms with van der Waals surface area (Å²) >= 11 is 3.11. The van der Waals surface area contributed by atoms with Crippen LogP contribution < -0.4 is 27.4 Å². The van der Waals surface area contributed by atoms with E-state index in [1.807, 2.05) is 12.5 Å². The van der Waals surface area contributed by atoms with Crippen LogP contribution in [0.25, 0.3) is 0 Å². The Hall–Kier alpha value is -1.50. The Kier molecular flexibility index (Phi) is 17.1. The van der Waals surface area contributed by atoms with Gasteiger partial charge in [0, 0.05) is 0 Å². The topological polar surface area (TPSA) is 177 Å². The molecule has 0 aromatic heterocycles. The summed E-state index contributed by atoms with van der Waals surface area (Å²) in [6.07, 6.45) is 6.20. The number of thioether (sulfide) groups is 2. The molecule has 0 aliphatic carbocycles. The molecule has 33 heavy (non-hydrogen) atoms. The van der Waals surface area contributed by atoms with Gasteiger partial charge in [-0.25, -0.2) is 4.79 Å². The van der Waals surface area contributed by atoms with Crippen molar-refractivity contribution in [3.63, 3.8) is 0 Å². The van der Waals surface area contributed by atoms with Crippen molar-refractivity contribution >= 4 is 47.2 Å². The van der Waals surface area contributed by atoms with E-state index in [4.69, 9.17) is 11.5 Å². The smallest absolute Gasteiger partial charge is 0.326 e. The van der Waals surface area contributed by atoms with E-state index in [0.29, 0.717) is 44.4 Å². The van der Waals surface area contributed by atoms with Crippen molar-refractivity contribution in [2.24, 2.45) is 17.4 Å². The minimum absolute atomic E-state index is 0.301. The summed E-state index contributed by atoms with van der Waals surface area (Å²) < 4.78 is 0. The van der Waals surface area contributed by atoms with E-state index in [2.05, 4.69) is 16.0 Å². The minimum Gasteiger partial charge on any atom is -0.480 e. The average Bonchev–Trinajstić information content (AvgIpc) is 2.76. The molecule has 0 aromatic carbocycles. The molecular weight excluding hydrogens is 466 g/mol. The van der Waals surface area contributed by atoms with Gasteiger partial charge in [-0.3, -0.25) is 14.4 Å². The lowest BCUT2D eigenvalue weighted by molar-refractivity contribution is -0.143. The van der Waals surface area contributed by atoms with Crippen molar-refractivity contribution in [3.8, 4) is 0 Å². The Morgan fingerprint density at radius 2 is 1.33 bits per heavy atom. The molecule has 8 N–H and O–H groups in total. The Labute approximate surface area is 205 Å². The second kappa shape index (κ2) is 17.9. The molecule has 4 atom stereocenters. The summed E-state index contributed by atoms with van der Waals surface area (Å²) in [4.78, 5) is 49.8. The Bertz CT molecular complexity index is 624. The molecule has 192 valence electrons. The highest BCUT2D eigenvalue weighted by Gasteiger charge is 2.30. The fourth-order valence-corrected chi connectivity index (χ4v) is 3.92. The third kappa shape index (κ3) is 13.1. The first-order valence-electron chi connectivity index (χ1n) is 11.2. The monoisotopic (exact) mass is 507 g/mol. The zero-order valence-electron chi connectivity index (χ0n) is 20.1. The second-order valence-corrected chi connectivity index (χ2v) is 10.1. The van der Waals surface area contributed by atoms with Crippen molar-refractivity contribution in [1.82, 2.24) is 16.0 Å². The molecule has 0 aliphatic rings. The lowest BCUT2D eigenvalue weighted by atomic mass is 10.0. The first kappa shape index (κ1) is 31.5. The predicted molar refractivity (Wildman–Crippen MR) is 135 cm³/mol. The third-order valence-electron chi connectivity index (χ3n) is 5.02. The number of carbonyl (C=O) groups is 4. The predicted octanol–water partition coefficient (Wildman–Crippen LogP) is 0.144. The molecule has 0 saturated carbocycles. The highest BCUT2D eigenvalue weighted by atomic mass is 32.2. The highest BCUT2D eigenvalue weighted by molar-refractivity contribution is 7.98. The molecule has 0 aliphatic heterocycles.